The normalized spacial score (nSPS) is 18.9. The third-order valence-corrected chi connectivity index (χ3v) is 1.76. The molecule has 0 amide bonds. The van der Waals surface area contributed by atoms with Crippen molar-refractivity contribution in [2.75, 3.05) is 7.05 Å². The van der Waals surface area contributed by atoms with Crippen LogP contribution in [0.1, 0.15) is 19.8 Å². The molecule has 1 nitrogen and oxygen atoms in total. The predicted molar refractivity (Wildman–Crippen MR) is 40.2 cm³/mol. The summed E-state index contributed by atoms with van der Waals surface area (Å²) >= 11 is 0. The number of halogens is 1. The molecule has 0 aromatic carbocycles. The fraction of sp³-hybridized carbons (Fsp3) is 0.500. The van der Waals surface area contributed by atoms with Crippen LogP contribution < -0.4 is 5.32 Å². The van der Waals surface area contributed by atoms with Crippen LogP contribution in [0.5, 0.6) is 0 Å². The van der Waals surface area contributed by atoms with E-state index in [2.05, 4.69) is 5.32 Å². The first-order chi connectivity index (χ1) is 4.75. The molecule has 0 fully saturated rings. The van der Waals surface area contributed by atoms with Gasteiger partial charge in [0.25, 0.3) is 0 Å². The fourth-order valence-electron chi connectivity index (χ4n) is 1.18. The van der Waals surface area contributed by atoms with Gasteiger partial charge in [-0.2, -0.15) is 0 Å². The van der Waals surface area contributed by atoms with Crippen LogP contribution in [0.3, 0.4) is 0 Å². The highest BCUT2D eigenvalue weighted by atomic mass is 19.1. The minimum absolute atomic E-state index is 0.105. The average molecular weight is 141 g/mol. The van der Waals surface area contributed by atoms with Crippen molar-refractivity contribution in [3.8, 4) is 0 Å². The molecule has 0 radical (unpaired) electrons. The summed E-state index contributed by atoms with van der Waals surface area (Å²) in [6.45, 7) is 1.96. The van der Waals surface area contributed by atoms with Gasteiger partial charge in [0.2, 0.25) is 0 Å². The lowest BCUT2D eigenvalue weighted by Gasteiger charge is -2.13. The number of allylic oxidation sites excluding steroid dienone is 3. The number of rotatable bonds is 1. The van der Waals surface area contributed by atoms with Gasteiger partial charge >= 0.3 is 0 Å². The molecule has 0 aliphatic heterocycles. The van der Waals surface area contributed by atoms with Crippen molar-refractivity contribution in [1.82, 2.24) is 5.32 Å². The Balaban J connectivity index is 2.87. The molecule has 0 aromatic heterocycles. The zero-order valence-corrected chi connectivity index (χ0v) is 6.37. The summed E-state index contributed by atoms with van der Waals surface area (Å²) in [5.74, 6) is -0.105. The molecule has 1 aliphatic rings. The van der Waals surface area contributed by atoms with Gasteiger partial charge in [-0.25, -0.2) is 4.39 Å². The highest BCUT2D eigenvalue weighted by Gasteiger charge is 2.10. The van der Waals surface area contributed by atoms with Crippen LogP contribution >= 0.6 is 0 Å². The highest BCUT2D eigenvalue weighted by molar-refractivity contribution is 5.31. The van der Waals surface area contributed by atoms with Crippen molar-refractivity contribution in [3.05, 3.63) is 23.2 Å². The van der Waals surface area contributed by atoms with Crippen molar-refractivity contribution in [2.45, 2.75) is 19.8 Å². The minimum Gasteiger partial charge on any atom is -0.386 e. The van der Waals surface area contributed by atoms with Gasteiger partial charge < -0.3 is 5.32 Å². The first-order valence-corrected chi connectivity index (χ1v) is 3.49. The summed E-state index contributed by atoms with van der Waals surface area (Å²) in [6.07, 6.45) is 3.44. The molecule has 0 spiro atoms. The van der Waals surface area contributed by atoms with E-state index in [-0.39, 0.29) is 5.83 Å². The second-order valence-corrected chi connectivity index (χ2v) is 2.50. The number of nitrogens with one attached hydrogen (secondary N) is 1. The van der Waals surface area contributed by atoms with Crippen LogP contribution in [-0.2, 0) is 0 Å². The van der Waals surface area contributed by atoms with E-state index >= 15 is 0 Å². The molecule has 0 heterocycles. The zero-order valence-electron chi connectivity index (χ0n) is 6.37. The molecule has 1 rings (SSSR count). The van der Waals surface area contributed by atoms with Gasteiger partial charge in [0.05, 0.1) is 5.70 Å². The SMILES string of the molecule is CNC1=C(C)CCC=C1F. The van der Waals surface area contributed by atoms with E-state index in [9.17, 15) is 4.39 Å². The van der Waals surface area contributed by atoms with Gasteiger partial charge in [-0.1, -0.05) is 0 Å². The Labute approximate surface area is 60.6 Å². The first kappa shape index (κ1) is 7.32. The maximum absolute atomic E-state index is 12.8. The molecule has 0 aromatic rings. The Morgan fingerprint density at radius 2 is 2.30 bits per heavy atom. The number of hydrogen-bond donors (Lipinski definition) is 1. The third-order valence-electron chi connectivity index (χ3n) is 1.76. The molecule has 56 valence electrons. The Bertz CT molecular complexity index is 191. The molecular weight excluding hydrogens is 129 g/mol. The van der Waals surface area contributed by atoms with Crippen LogP contribution in [0, 0.1) is 0 Å². The molecular formula is C8H12FN. The second kappa shape index (κ2) is 2.86. The van der Waals surface area contributed by atoms with Crippen LogP contribution in [0.2, 0.25) is 0 Å². The van der Waals surface area contributed by atoms with E-state index in [4.69, 9.17) is 0 Å². The van der Waals surface area contributed by atoms with Gasteiger partial charge in [-0.3, -0.25) is 0 Å². The first-order valence-electron chi connectivity index (χ1n) is 3.49. The second-order valence-electron chi connectivity index (χ2n) is 2.50. The van der Waals surface area contributed by atoms with E-state index in [1.54, 1.807) is 13.1 Å². The maximum Gasteiger partial charge on any atom is 0.142 e. The largest absolute Gasteiger partial charge is 0.386 e. The quantitative estimate of drug-likeness (QED) is 0.589. The van der Waals surface area contributed by atoms with Crippen LogP contribution in [0.4, 0.5) is 4.39 Å². The van der Waals surface area contributed by atoms with Crippen LogP contribution in [0.25, 0.3) is 0 Å². The highest BCUT2D eigenvalue weighted by Crippen LogP contribution is 2.22. The minimum atomic E-state index is -0.105. The van der Waals surface area contributed by atoms with E-state index in [0.29, 0.717) is 5.70 Å². The van der Waals surface area contributed by atoms with Gasteiger partial charge in [-0.15, -0.1) is 0 Å². The molecule has 0 saturated heterocycles. The van der Waals surface area contributed by atoms with Gasteiger partial charge in [0.15, 0.2) is 0 Å². The molecule has 0 bridgehead atoms. The summed E-state index contributed by atoms with van der Waals surface area (Å²) in [6, 6.07) is 0. The van der Waals surface area contributed by atoms with Crippen molar-refractivity contribution >= 4 is 0 Å². The number of hydrogen-bond acceptors (Lipinski definition) is 1. The molecule has 1 N–H and O–H groups in total. The maximum atomic E-state index is 12.8. The Morgan fingerprint density at radius 3 is 2.70 bits per heavy atom. The van der Waals surface area contributed by atoms with Crippen LogP contribution in [0.15, 0.2) is 23.2 Å². The van der Waals surface area contributed by atoms with Gasteiger partial charge in [-0.05, 0) is 31.4 Å². The lowest BCUT2D eigenvalue weighted by Crippen LogP contribution is -2.11. The Hall–Kier alpha value is -0.790. The van der Waals surface area contributed by atoms with Crippen molar-refractivity contribution in [3.63, 3.8) is 0 Å². The Kier molecular flexibility index (Phi) is 2.10. The molecule has 2 heteroatoms. The lowest BCUT2D eigenvalue weighted by atomic mass is 10.0. The molecule has 0 atom stereocenters. The van der Waals surface area contributed by atoms with Crippen LogP contribution in [-0.4, -0.2) is 7.05 Å². The fourth-order valence-corrected chi connectivity index (χ4v) is 1.18. The summed E-state index contributed by atoms with van der Waals surface area (Å²) < 4.78 is 12.8. The van der Waals surface area contributed by atoms with Gasteiger partial charge in [0, 0.05) is 7.05 Å². The van der Waals surface area contributed by atoms with E-state index in [0.717, 1.165) is 18.4 Å². The summed E-state index contributed by atoms with van der Waals surface area (Å²) in [5, 5.41) is 2.84. The van der Waals surface area contributed by atoms with E-state index in [1.807, 2.05) is 6.92 Å². The monoisotopic (exact) mass is 141 g/mol. The summed E-state index contributed by atoms with van der Waals surface area (Å²) in [4.78, 5) is 0. The molecule has 0 saturated carbocycles. The van der Waals surface area contributed by atoms with Crippen molar-refractivity contribution in [1.29, 1.82) is 0 Å². The van der Waals surface area contributed by atoms with Crippen molar-refractivity contribution in [2.24, 2.45) is 0 Å². The molecule has 10 heavy (non-hydrogen) atoms. The van der Waals surface area contributed by atoms with E-state index in [1.165, 1.54) is 0 Å². The number of likely N-dealkylation sites (N-methyl/N-ethyl adjacent to an activating group) is 1. The third kappa shape index (κ3) is 1.20. The Morgan fingerprint density at radius 1 is 1.60 bits per heavy atom. The standard InChI is InChI=1S/C8H12FN/c1-6-4-3-5-7(9)8(6)10-2/h5,10H,3-4H2,1-2H3. The predicted octanol–water partition coefficient (Wildman–Crippen LogP) is 2.13. The molecule has 0 unspecified atom stereocenters. The molecule has 1 aliphatic carbocycles. The average Bonchev–Trinajstić information content (AvgIpc) is 1.88. The van der Waals surface area contributed by atoms with Gasteiger partial charge in [0.1, 0.15) is 5.83 Å². The van der Waals surface area contributed by atoms with E-state index < -0.39 is 0 Å². The topological polar surface area (TPSA) is 12.0 Å². The zero-order chi connectivity index (χ0) is 7.56. The van der Waals surface area contributed by atoms with Crippen molar-refractivity contribution < 1.29 is 4.39 Å². The lowest BCUT2D eigenvalue weighted by molar-refractivity contribution is 0.609. The summed E-state index contributed by atoms with van der Waals surface area (Å²) in [7, 11) is 1.75. The smallest absolute Gasteiger partial charge is 0.142 e. The summed E-state index contributed by atoms with van der Waals surface area (Å²) in [5.41, 5.74) is 1.79.